The van der Waals surface area contributed by atoms with E-state index in [0.29, 0.717) is 13.0 Å². The van der Waals surface area contributed by atoms with Crippen LogP contribution in [0.3, 0.4) is 0 Å². The van der Waals surface area contributed by atoms with Crippen molar-refractivity contribution in [2.24, 2.45) is 11.7 Å². The van der Waals surface area contributed by atoms with E-state index >= 15 is 0 Å². The maximum atomic E-state index is 11.6. The van der Waals surface area contributed by atoms with E-state index in [2.05, 4.69) is 4.98 Å². The van der Waals surface area contributed by atoms with E-state index in [-0.39, 0.29) is 17.9 Å². The third-order valence-corrected chi connectivity index (χ3v) is 3.02. The number of hydrogen-bond donors (Lipinski definition) is 1. The van der Waals surface area contributed by atoms with E-state index in [4.69, 9.17) is 5.73 Å². The van der Waals surface area contributed by atoms with Crippen molar-refractivity contribution >= 4 is 5.91 Å². The molecule has 1 aromatic heterocycles. The first-order valence-corrected chi connectivity index (χ1v) is 5.09. The first-order chi connectivity index (χ1) is 7.24. The molecule has 0 saturated carbocycles. The van der Waals surface area contributed by atoms with Gasteiger partial charge in [0.15, 0.2) is 0 Å². The second kappa shape index (κ2) is 3.98. The first kappa shape index (κ1) is 10.1. The molecular weight excluding hydrogens is 190 g/mol. The fourth-order valence-electron chi connectivity index (χ4n) is 2.21. The molecule has 4 nitrogen and oxygen atoms in total. The SMILES string of the molecule is CN1C(=O)C[C@@H](CN)[C@@H]1c1cccnc1. The zero-order chi connectivity index (χ0) is 10.8. The van der Waals surface area contributed by atoms with Crippen LogP contribution in [0.15, 0.2) is 24.5 Å². The van der Waals surface area contributed by atoms with Gasteiger partial charge >= 0.3 is 0 Å². The molecule has 0 aromatic carbocycles. The lowest BCUT2D eigenvalue weighted by molar-refractivity contribution is -0.127. The van der Waals surface area contributed by atoms with Crippen molar-refractivity contribution in [3.8, 4) is 0 Å². The second-order valence-corrected chi connectivity index (χ2v) is 3.94. The van der Waals surface area contributed by atoms with Crippen LogP contribution in [0.4, 0.5) is 0 Å². The normalized spacial score (nSPS) is 26.0. The molecule has 1 aliphatic rings. The predicted molar refractivity (Wildman–Crippen MR) is 56.9 cm³/mol. The van der Waals surface area contributed by atoms with E-state index in [1.54, 1.807) is 11.1 Å². The number of amides is 1. The Bertz CT molecular complexity index is 352. The van der Waals surface area contributed by atoms with Crippen LogP contribution < -0.4 is 5.73 Å². The van der Waals surface area contributed by atoms with Crippen molar-refractivity contribution in [1.29, 1.82) is 0 Å². The van der Waals surface area contributed by atoms with E-state index in [9.17, 15) is 4.79 Å². The number of carbonyl (C=O) groups excluding carboxylic acids is 1. The molecule has 0 unspecified atom stereocenters. The Kier molecular flexibility index (Phi) is 2.68. The third kappa shape index (κ3) is 1.72. The highest BCUT2D eigenvalue weighted by Crippen LogP contribution is 2.35. The fourth-order valence-corrected chi connectivity index (χ4v) is 2.21. The maximum absolute atomic E-state index is 11.6. The Morgan fingerprint density at radius 2 is 2.47 bits per heavy atom. The average Bonchev–Trinajstić information content (AvgIpc) is 2.56. The van der Waals surface area contributed by atoms with Gasteiger partial charge in [-0.3, -0.25) is 9.78 Å². The van der Waals surface area contributed by atoms with Gasteiger partial charge in [-0.1, -0.05) is 6.07 Å². The molecule has 4 heteroatoms. The number of carbonyl (C=O) groups is 1. The first-order valence-electron chi connectivity index (χ1n) is 5.09. The van der Waals surface area contributed by atoms with Gasteiger partial charge < -0.3 is 10.6 Å². The zero-order valence-corrected chi connectivity index (χ0v) is 8.76. The average molecular weight is 205 g/mol. The minimum atomic E-state index is 0.0937. The molecule has 2 rings (SSSR count). The predicted octanol–water partition coefficient (Wildman–Crippen LogP) is 0.560. The van der Waals surface area contributed by atoms with Gasteiger partial charge in [-0.25, -0.2) is 0 Å². The Morgan fingerprint density at radius 3 is 3.07 bits per heavy atom. The molecule has 1 aliphatic heterocycles. The van der Waals surface area contributed by atoms with E-state index in [1.165, 1.54) is 0 Å². The summed E-state index contributed by atoms with van der Waals surface area (Å²) in [6.45, 7) is 0.537. The van der Waals surface area contributed by atoms with Crippen LogP contribution in [0.25, 0.3) is 0 Å². The summed E-state index contributed by atoms with van der Waals surface area (Å²) in [5.41, 5.74) is 6.76. The molecule has 2 heterocycles. The van der Waals surface area contributed by atoms with Gasteiger partial charge in [0.25, 0.3) is 0 Å². The number of nitrogens with zero attached hydrogens (tertiary/aromatic N) is 2. The lowest BCUT2D eigenvalue weighted by Crippen LogP contribution is -2.26. The molecule has 0 bridgehead atoms. The molecule has 1 aromatic rings. The number of aromatic nitrogens is 1. The minimum absolute atomic E-state index is 0.0937. The third-order valence-electron chi connectivity index (χ3n) is 3.02. The topological polar surface area (TPSA) is 59.2 Å². The Labute approximate surface area is 89.1 Å². The number of likely N-dealkylation sites (tertiary alicyclic amines) is 1. The summed E-state index contributed by atoms with van der Waals surface area (Å²) < 4.78 is 0. The van der Waals surface area contributed by atoms with Gasteiger partial charge in [0.05, 0.1) is 6.04 Å². The Hall–Kier alpha value is -1.42. The molecular formula is C11H15N3O. The summed E-state index contributed by atoms with van der Waals surface area (Å²) in [7, 11) is 1.83. The molecule has 2 N–H and O–H groups in total. The molecule has 0 radical (unpaired) electrons. The van der Waals surface area contributed by atoms with Gasteiger partial charge in [0, 0.05) is 31.8 Å². The summed E-state index contributed by atoms with van der Waals surface area (Å²) >= 11 is 0. The lowest BCUT2D eigenvalue weighted by atomic mass is 9.95. The van der Waals surface area contributed by atoms with Gasteiger partial charge in [-0.2, -0.15) is 0 Å². The summed E-state index contributed by atoms with van der Waals surface area (Å²) in [6.07, 6.45) is 4.09. The van der Waals surface area contributed by atoms with Crippen molar-refractivity contribution < 1.29 is 4.79 Å². The molecule has 1 saturated heterocycles. The fraction of sp³-hybridized carbons (Fsp3) is 0.455. The summed E-state index contributed by atoms with van der Waals surface area (Å²) in [5, 5.41) is 0. The quantitative estimate of drug-likeness (QED) is 0.767. The highest BCUT2D eigenvalue weighted by molar-refractivity contribution is 5.79. The molecule has 0 spiro atoms. The minimum Gasteiger partial charge on any atom is -0.338 e. The van der Waals surface area contributed by atoms with Crippen molar-refractivity contribution in [2.45, 2.75) is 12.5 Å². The lowest BCUT2D eigenvalue weighted by Gasteiger charge is -2.24. The summed E-state index contributed by atoms with van der Waals surface area (Å²) in [6, 6.07) is 3.98. The highest BCUT2D eigenvalue weighted by atomic mass is 16.2. The van der Waals surface area contributed by atoms with Crippen LogP contribution in [0.1, 0.15) is 18.0 Å². The van der Waals surface area contributed by atoms with Crippen molar-refractivity contribution in [1.82, 2.24) is 9.88 Å². The molecule has 15 heavy (non-hydrogen) atoms. The Balaban J connectivity index is 2.30. The van der Waals surface area contributed by atoms with Gasteiger partial charge in [-0.05, 0) is 18.2 Å². The molecule has 1 amide bonds. The van der Waals surface area contributed by atoms with E-state index < -0.39 is 0 Å². The van der Waals surface area contributed by atoms with Crippen LogP contribution in [0.2, 0.25) is 0 Å². The van der Waals surface area contributed by atoms with Gasteiger partial charge in [-0.15, -0.1) is 0 Å². The van der Waals surface area contributed by atoms with Crippen LogP contribution in [0.5, 0.6) is 0 Å². The largest absolute Gasteiger partial charge is 0.338 e. The molecule has 2 atom stereocenters. The van der Waals surface area contributed by atoms with Gasteiger partial charge in [0.1, 0.15) is 0 Å². The Morgan fingerprint density at radius 1 is 1.67 bits per heavy atom. The van der Waals surface area contributed by atoms with Gasteiger partial charge in [0.2, 0.25) is 5.91 Å². The standard InChI is InChI=1S/C11H15N3O/c1-14-10(15)5-9(6-12)11(14)8-3-2-4-13-7-8/h2-4,7,9,11H,5-6,12H2,1H3/t9-,11-/m0/s1. The van der Waals surface area contributed by atoms with Crippen LogP contribution in [-0.2, 0) is 4.79 Å². The summed E-state index contributed by atoms with van der Waals surface area (Å²) in [4.78, 5) is 17.4. The van der Waals surface area contributed by atoms with Crippen LogP contribution >= 0.6 is 0 Å². The smallest absolute Gasteiger partial charge is 0.223 e. The molecule has 0 aliphatic carbocycles. The maximum Gasteiger partial charge on any atom is 0.223 e. The monoisotopic (exact) mass is 205 g/mol. The second-order valence-electron chi connectivity index (χ2n) is 3.94. The van der Waals surface area contributed by atoms with Crippen LogP contribution in [0, 0.1) is 5.92 Å². The number of rotatable bonds is 2. The van der Waals surface area contributed by atoms with E-state index in [1.807, 2.05) is 25.4 Å². The number of nitrogens with two attached hydrogens (primary N) is 1. The number of pyridine rings is 1. The van der Waals surface area contributed by atoms with Crippen molar-refractivity contribution in [3.63, 3.8) is 0 Å². The van der Waals surface area contributed by atoms with E-state index in [0.717, 1.165) is 5.56 Å². The van der Waals surface area contributed by atoms with Crippen molar-refractivity contribution in [3.05, 3.63) is 30.1 Å². The number of hydrogen-bond acceptors (Lipinski definition) is 3. The van der Waals surface area contributed by atoms with Crippen LogP contribution in [-0.4, -0.2) is 29.4 Å². The van der Waals surface area contributed by atoms with Crippen molar-refractivity contribution in [2.75, 3.05) is 13.6 Å². The summed E-state index contributed by atoms with van der Waals surface area (Å²) in [5.74, 6) is 0.381. The zero-order valence-electron chi connectivity index (χ0n) is 8.76. The molecule has 1 fully saturated rings. The highest BCUT2D eigenvalue weighted by Gasteiger charge is 2.37. The molecule has 80 valence electrons.